The van der Waals surface area contributed by atoms with Crippen LogP contribution in [-0.4, -0.2) is 11.7 Å². The Morgan fingerprint density at radius 3 is 2.75 bits per heavy atom. The highest BCUT2D eigenvalue weighted by Gasteiger charge is 2.09. The van der Waals surface area contributed by atoms with Gasteiger partial charge in [-0.25, -0.2) is 0 Å². The van der Waals surface area contributed by atoms with Crippen LogP contribution in [0.2, 0.25) is 5.02 Å². The molecule has 0 spiro atoms. The fraction of sp³-hybridized carbons (Fsp3) is 0.200. The molecule has 0 fully saturated rings. The zero-order chi connectivity index (χ0) is 14.5. The van der Waals surface area contributed by atoms with Gasteiger partial charge in [-0.1, -0.05) is 23.7 Å². The molecule has 3 nitrogen and oxygen atoms in total. The number of para-hydroxylation sites is 1. The highest BCUT2D eigenvalue weighted by molar-refractivity contribution is 9.10. The van der Waals surface area contributed by atoms with Crippen LogP contribution in [0.4, 0.5) is 5.69 Å². The molecule has 0 saturated carbocycles. The Bertz CT molecular complexity index is 604. The molecule has 0 aliphatic carbocycles. The average molecular weight is 357 g/mol. The van der Waals surface area contributed by atoms with E-state index in [0.717, 1.165) is 11.3 Å². The molecule has 2 N–H and O–H groups in total. The van der Waals surface area contributed by atoms with Crippen molar-refractivity contribution in [1.29, 1.82) is 0 Å². The summed E-state index contributed by atoms with van der Waals surface area (Å²) in [6.07, 6.45) is 0. The number of anilines is 1. The lowest BCUT2D eigenvalue weighted by Gasteiger charge is -2.12. The van der Waals surface area contributed by atoms with Crippen LogP contribution < -0.4 is 10.1 Å². The number of nitrogens with one attached hydrogen (secondary N) is 1. The summed E-state index contributed by atoms with van der Waals surface area (Å²) in [5, 5.41) is 13.8. The largest absolute Gasteiger partial charge is 0.503 e. The lowest BCUT2D eigenvalue weighted by molar-refractivity contribution is 0.317. The van der Waals surface area contributed by atoms with Crippen LogP contribution >= 0.6 is 27.5 Å². The third-order valence-electron chi connectivity index (χ3n) is 2.74. The van der Waals surface area contributed by atoms with Crippen molar-refractivity contribution in [3.8, 4) is 11.5 Å². The second kappa shape index (κ2) is 6.86. The molecular formula is C15H15BrClNO2. The summed E-state index contributed by atoms with van der Waals surface area (Å²) < 4.78 is 6.01. The smallest absolute Gasteiger partial charge is 0.172 e. The second-order valence-corrected chi connectivity index (χ2v) is 5.45. The maximum atomic E-state index is 9.87. The predicted molar refractivity (Wildman–Crippen MR) is 85.8 cm³/mol. The topological polar surface area (TPSA) is 41.5 Å². The first-order valence-electron chi connectivity index (χ1n) is 6.24. The van der Waals surface area contributed by atoms with Gasteiger partial charge in [0.15, 0.2) is 11.5 Å². The van der Waals surface area contributed by atoms with Gasteiger partial charge in [-0.2, -0.15) is 0 Å². The molecule has 106 valence electrons. The van der Waals surface area contributed by atoms with Crippen molar-refractivity contribution in [1.82, 2.24) is 0 Å². The van der Waals surface area contributed by atoms with Crippen molar-refractivity contribution in [3.05, 3.63) is 51.5 Å². The number of halogens is 2. The molecule has 2 aromatic rings. The Morgan fingerprint density at radius 1 is 1.30 bits per heavy atom. The SMILES string of the molecule is CCOc1cc(CNc2ccccc2Cl)cc(Br)c1O. The minimum absolute atomic E-state index is 0.119. The molecule has 2 rings (SSSR count). The molecule has 0 radical (unpaired) electrons. The van der Waals surface area contributed by atoms with Gasteiger partial charge in [0.1, 0.15) is 0 Å². The van der Waals surface area contributed by atoms with Crippen molar-refractivity contribution in [2.75, 3.05) is 11.9 Å². The van der Waals surface area contributed by atoms with E-state index in [1.54, 1.807) is 0 Å². The molecule has 2 aromatic carbocycles. The van der Waals surface area contributed by atoms with Crippen molar-refractivity contribution < 1.29 is 9.84 Å². The number of hydrogen-bond donors (Lipinski definition) is 2. The van der Waals surface area contributed by atoms with Crippen LogP contribution in [0.25, 0.3) is 0 Å². The van der Waals surface area contributed by atoms with Gasteiger partial charge in [0.05, 0.1) is 21.8 Å². The number of aromatic hydroxyl groups is 1. The third-order valence-corrected chi connectivity index (χ3v) is 3.68. The van der Waals surface area contributed by atoms with Gasteiger partial charge in [-0.3, -0.25) is 0 Å². The Kier molecular flexibility index (Phi) is 5.15. The maximum Gasteiger partial charge on any atom is 0.172 e. The summed E-state index contributed by atoms with van der Waals surface area (Å²) in [5.41, 5.74) is 1.86. The van der Waals surface area contributed by atoms with Gasteiger partial charge in [0, 0.05) is 6.54 Å². The first kappa shape index (κ1) is 15.0. The minimum Gasteiger partial charge on any atom is -0.503 e. The number of phenolic OH excluding ortho intramolecular Hbond substituents is 1. The first-order chi connectivity index (χ1) is 9.61. The number of hydrogen-bond acceptors (Lipinski definition) is 3. The zero-order valence-electron chi connectivity index (χ0n) is 11.0. The van der Waals surface area contributed by atoms with Gasteiger partial charge in [-0.15, -0.1) is 0 Å². The van der Waals surface area contributed by atoms with Crippen molar-refractivity contribution >= 4 is 33.2 Å². The van der Waals surface area contributed by atoms with Gasteiger partial charge in [0.25, 0.3) is 0 Å². The lowest BCUT2D eigenvalue weighted by Crippen LogP contribution is -2.01. The van der Waals surface area contributed by atoms with E-state index in [2.05, 4.69) is 21.2 Å². The lowest BCUT2D eigenvalue weighted by atomic mass is 10.2. The van der Waals surface area contributed by atoms with Gasteiger partial charge in [-0.05, 0) is 52.7 Å². The van der Waals surface area contributed by atoms with Crippen molar-refractivity contribution in [2.24, 2.45) is 0 Å². The van der Waals surface area contributed by atoms with E-state index in [0.29, 0.717) is 28.4 Å². The summed E-state index contributed by atoms with van der Waals surface area (Å²) in [5.74, 6) is 0.589. The molecule has 0 heterocycles. The van der Waals surface area contributed by atoms with E-state index >= 15 is 0 Å². The predicted octanol–water partition coefficient (Wildman–Crippen LogP) is 4.82. The van der Waals surface area contributed by atoms with E-state index in [1.165, 1.54) is 0 Å². The fourth-order valence-electron chi connectivity index (χ4n) is 1.80. The molecule has 0 amide bonds. The quantitative estimate of drug-likeness (QED) is 0.807. The van der Waals surface area contributed by atoms with Gasteiger partial charge in [0.2, 0.25) is 0 Å². The van der Waals surface area contributed by atoms with E-state index in [9.17, 15) is 5.11 Å². The van der Waals surface area contributed by atoms with Crippen LogP contribution in [0.15, 0.2) is 40.9 Å². The fourth-order valence-corrected chi connectivity index (χ4v) is 2.49. The Labute approximate surface area is 131 Å². The normalized spacial score (nSPS) is 10.3. The highest BCUT2D eigenvalue weighted by atomic mass is 79.9. The summed E-state index contributed by atoms with van der Waals surface area (Å²) in [6, 6.07) is 11.2. The molecule has 0 saturated heterocycles. The van der Waals surface area contributed by atoms with E-state index in [4.69, 9.17) is 16.3 Å². The van der Waals surface area contributed by atoms with E-state index < -0.39 is 0 Å². The summed E-state index contributed by atoms with van der Waals surface area (Å²) in [7, 11) is 0. The monoisotopic (exact) mass is 355 g/mol. The van der Waals surface area contributed by atoms with Crippen LogP contribution in [0.5, 0.6) is 11.5 Å². The summed E-state index contributed by atoms with van der Waals surface area (Å²) >= 11 is 9.42. The molecular weight excluding hydrogens is 342 g/mol. The highest BCUT2D eigenvalue weighted by Crippen LogP contribution is 2.35. The summed E-state index contributed by atoms with van der Waals surface area (Å²) in [6.45, 7) is 2.96. The van der Waals surface area contributed by atoms with Crippen LogP contribution in [0.1, 0.15) is 12.5 Å². The zero-order valence-corrected chi connectivity index (χ0v) is 13.3. The third kappa shape index (κ3) is 3.58. The molecule has 5 heteroatoms. The number of benzene rings is 2. The standard InChI is InChI=1S/C15H15BrClNO2/c1-2-20-14-8-10(7-11(16)15(14)19)9-18-13-6-4-3-5-12(13)17/h3-8,18-19H,2,9H2,1H3. The van der Waals surface area contributed by atoms with Crippen molar-refractivity contribution in [2.45, 2.75) is 13.5 Å². The Balaban J connectivity index is 2.16. The summed E-state index contributed by atoms with van der Waals surface area (Å²) in [4.78, 5) is 0. The van der Waals surface area contributed by atoms with Crippen LogP contribution in [0.3, 0.4) is 0 Å². The Morgan fingerprint density at radius 2 is 2.05 bits per heavy atom. The van der Waals surface area contributed by atoms with Gasteiger partial charge >= 0.3 is 0 Å². The van der Waals surface area contributed by atoms with Gasteiger partial charge < -0.3 is 15.2 Å². The second-order valence-electron chi connectivity index (χ2n) is 4.19. The van der Waals surface area contributed by atoms with Crippen LogP contribution in [-0.2, 0) is 6.54 Å². The van der Waals surface area contributed by atoms with Crippen LogP contribution in [0, 0.1) is 0 Å². The first-order valence-corrected chi connectivity index (χ1v) is 7.41. The molecule has 0 unspecified atom stereocenters. The number of phenols is 1. The maximum absolute atomic E-state index is 9.87. The van der Waals surface area contributed by atoms with Crippen molar-refractivity contribution in [3.63, 3.8) is 0 Å². The van der Waals surface area contributed by atoms with E-state index in [-0.39, 0.29) is 5.75 Å². The molecule has 20 heavy (non-hydrogen) atoms. The number of ether oxygens (including phenoxy) is 1. The van der Waals surface area contributed by atoms with E-state index in [1.807, 2.05) is 43.3 Å². The molecule has 0 atom stereocenters. The molecule has 0 aliphatic heterocycles. The Hall–Kier alpha value is -1.39. The minimum atomic E-state index is 0.119. The molecule has 0 aliphatic rings. The number of rotatable bonds is 5. The molecule has 0 bridgehead atoms. The molecule has 0 aromatic heterocycles. The average Bonchev–Trinajstić information content (AvgIpc) is 2.43.